The first kappa shape index (κ1) is 9.93. The zero-order valence-electron chi connectivity index (χ0n) is 10.6. The van der Waals surface area contributed by atoms with Crippen molar-refractivity contribution in [1.82, 2.24) is 0 Å². The second kappa shape index (κ2) is 2.90. The number of allylic oxidation sites excluding steroid dienone is 2. The third-order valence-corrected chi connectivity index (χ3v) is 5.72. The third kappa shape index (κ3) is 1.20. The summed E-state index contributed by atoms with van der Waals surface area (Å²) in [5, 5.41) is 0. The summed E-state index contributed by atoms with van der Waals surface area (Å²) < 4.78 is 0. The Hall–Kier alpha value is -0.260. The van der Waals surface area contributed by atoms with Crippen molar-refractivity contribution < 1.29 is 0 Å². The van der Waals surface area contributed by atoms with Crippen LogP contribution in [0.4, 0.5) is 0 Å². The van der Waals surface area contributed by atoms with Gasteiger partial charge in [0.05, 0.1) is 0 Å². The standard InChI is InChI=1S/C15H24/c1-9(2)14-11-7-10(3)5-6-12(11)15(4)8-13(14)15/h5,9,11-14H,6-8H2,1-4H3/t11-,12-,13+,14+,15-/m1/s1. The molecule has 0 unspecified atom stereocenters. The van der Waals surface area contributed by atoms with E-state index in [1.807, 2.05) is 0 Å². The molecule has 2 fully saturated rings. The fourth-order valence-electron chi connectivity index (χ4n) is 4.94. The molecule has 0 spiro atoms. The van der Waals surface area contributed by atoms with E-state index in [0.29, 0.717) is 0 Å². The minimum Gasteiger partial charge on any atom is -0.0853 e. The van der Waals surface area contributed by atoms with Gasteiger partial charge < -0.3 is 0 Å². The average Bonchev–Trinajstić information content (AvgIpc) is 2.72. The zero-order chi connectivity index (χ0) is 10.8. The molecule has 0 bridgehead atoms. The molecule has 0 aromatic rings. The van der Waals surface area contributed by atoms with Gasteiger partial charge in [-0.3, -0.25) is 0 Å². The molecule has 0 heterocycles. The molecular weight excluding hydrogens is 180 g/mol. The quantitative estimate of drug-likeness (QED) is 0.559. The van der Waals surface area contributed by atoms with Gasteiger partial charge in [-0.15, -0.1) is 0 Å². The molecule has 0 aromatic carbocycles. The van der Waals surface area contributed by atoms with Gasteiger partial charge in [-0.1, -0.05) is 32.4 Å². The Morgan fingerprint density at radius 2 is 2.07 bits per heavy atom. The lowest BCUT2D eigenvalue weighted by Gasteiger charge is -2.35. The second-order valence-electron chi connectivity index (χ2n) is 6.90. The lowest BCUT2D eigenvalue weighted by Crippen LogP contribution is -2.27. The van der Waals surface area contributed by atoms with Crippen molar-refractivity contribution in [2.45, 2.75) is 47.0 Å². The van der Waals surface area contributed by atoms with Crippen molar-refractivity contribution in [2.24, 2.45) is 35.0 Å². The van der Waals surface area contributed by atoms with Crippen molar-refractivity contribution in [2.75, 3.05) is 0 Å². The maximum absolute atomic E-state index is 2.56. The first-order chi connectivity index (χ1) is 7.04. The summed E-state index contributed by atoms with van der Waals surface area (Å²) in [6.07, 6.45) is 6.83. The van der Waals surface area contributed by atoms with E-state index >= 15 is 0 Å². The number of hydrogen-bond acceptors (Lipinski definition) is 0. The Labute approximate surface area is 94.1 Å². The minimum absolute atomic E-state index is 0.747. The fraction of sp³-hybridized carbons (Fsp3) is 0.867. The maximum atomic E-state index is 2.56. The van der Waals surface area contributed by atoms with E-state index in [1.54, 1.807) is 5.57 Å². The van der Waals surface area contributed by atoms with E-state index < -0.39 is 0 Å². The predicted octanol–water partition coefficient (Wildman–Crippen LogP) is 4.27. The van der Waals surface area contributed by atoms with E-state index in [4.69, 9.17) is 0 Å². The molecule has 0 heteroatoms. The monoisotopic (exact) mass is 204 g/mol. The van der Waals surface area contributed by atoms with Crippen LogP contribution in [-0.4, -0.2) is 0 Å². The van der Waals surface area contributed by atoms with Crippen molar-refractivity contribution in [1.29, 1.82) is 0 Å². The fourth-order valence-corrected chi connectivity index (χ4v) is 4.94. The Bertz CT molecular complexity index is 312. The molecule has 3 aliphatic carbocycles. The molecule has 0 nitrogen and oxygen atoms in total. The van der Waals surface area contributed by atoms with Crippen LogP contribution in [0.2, 0.25) is 0 Å². The van der Waals surface area contributed by atoms with E-state index in [-0.39, 0.29) is 0 Å². The molecule has 0 amide bonds. The summed E-state index contributed by atoms with van der Waals surface area (Å²) in [6.45, 7) is 9.78. The number of rotatable bonds is 1. The maximum Gasteiger partial charge on any atom is -0.0257 e. The van der Waals surface area contributed by atoms with E-state index in [9.17, 15) is 0 Å². The molecule has 0 aromatic heterocycles. The molecular formula is C15H24. The molecule has 0 radical (unpaired) electrons. The smallest absolute Gasteiger partial charge is 0.0257 e. The highest BCUT2D eigenvalue weighted by Gasteiger charge is 2.67. The SMILES string of the molecule is CC1=CC[C@@H]2[C@@H](C1)[C@H](C(C)C)[C@@H]1C[C@]21C. The zero-order valence-corrected chi connectivity index (χ0v) is 10.6. The van der Waals surface area contributed by atoms with Crippen molar-refractivity contribution in [3.63, 3.8) is 0 Å². The summed E-state index contributed by atoms with van der Waals surface area (Å²) in [7, 11) is 0. The van der Waals surface area contributed by atoms with Crippen LogP contribution < -0.4 is 0 Å². The summed E-state index contributed by atoms with van der Waals surface area (Å²) in [4.78, 5) is 0. The second-order valence-corrected chi connectivity index (χ2v) is 6.90. The summed E-state index contributed by atoms with van der Waals surface area (Å²) >= 11 is 0. The molecule has 0 aliphatic heterocycles. The number of fused-ring (bicyclic) bond motifs is 3. The van der Waals surface area contributed by atoms with E-state index in [0.717, 1.165) is 35.0 Å². The highest BCUT2D eigenvalue weighted by Crippen LogP contribution is 2.74. The molecule has 5 atom stereocenters. The third-order valence-electron chi connectivity index (χ3n) is 5.72. The van der Waals surface area contributed by atoms with Gasteiger partial charge in [0.15, 0.2) is 0 Å². The predicted molar refractivity (Wildman–Crippen MR) is 64.5 cm³/mol. The van der Waals surface area contributed by atoms with Crippen LogP contribution in [0.1, 0.15) is 47.0 Å². The largest absolute Gasteiger partial charge is 0.0853 e. The Balaban J connectivity index is 1.92. The van der Waals surface area contributed by atoms with Crippen molar-refractivity contribution >= 4 is 0 Å². The average molecular weight is 204 g/mol. The van der Waals surface area contributed by atoms with Crippen LogP contribution in [0, 0.1) is 35.0 Å². The van der Waals surface area contributed by atoms with Crippen LogP contribution in [0.15, 0.2) is 11.6 Å². The lowest BCUT2D eigenvalue weighted by molar-refractivity contribution is 0.183. The topological polar surface area (TPSA) is 0 Å². The molecule has 2 saturated carbocycles. The van der Waals surface area contributed by atoms with Crippen molar-refractivity contribution in [3.8, 4) is 0 Å². The van der Waals surface area contributed by atoms with E-state index in [1.165, 1.54) is 19.3 Å². The Kier molecular flexibility index (Phi) is 1.92. The van der Waals surface area contributed by atoms with Crippen LogP contribution >= 0.6 is 0 Å². The summed E-state index contributed by atoms with van der Waals surface area (Å²) in [5.41, 5.74) is 2.41. The van der Waals surface area contributed by atoms with Gasteiger partial charge in [-0.25, -0.2) is 0 Å². The highest BCUT2D eigenvalue weighted by molar-refractivity contribution is 5.21. The summed E-state index contributed by atoms with van der Waals surface area (Å²) in [5.74, 6) is 5.06. The van der Waals surface area contributed by atoms with Crippen molar-refractivity contribution in [3.05, 3.63) is 11.6 Å². The van der Waals surface area contributed by atoms with E-state index in [2.05, 4.69) is 33.8 Å². The minimum atomic E-state index is 0.747. The Morgan fingerprint density at radius 1 is 1.33 bits per heavy atom. The number of hydrogen-bond donors (Lipinski definition) is 0. The lowest BCUT2D eigenvalue weighted by atomic mass is 9.70. The highest BCUT2D eigenvalue weighted by atomic mass is 14.7. The first-order valence-electron chi connectivity index (χ1n) is 6.69. The van der Waals surface area contributed by atoms with Gasteiger partial charge in [0.1, 0.15) is 0 Å². The molecule has 84 valence electrons. The van der Waals surface area contributed by atoms with Gasteiger partial charge in [0.25, 0.3) is 0 Å². The van der Waals surface area contributed by atoms with Crippen LogP contribution in [0.25, 0.3) is 0 Å². The summed E-state index contributed by atoms with van der Waals surface area (Å²) in [6, 6.07) is 0. The van der Waals surface area contributed by atoms with Gasteiger partial charge in [0.2, 0.25) is 0 Å². The molecule has 0 saturated heterocycles. The molecule has 3 rings (SSSR count). The van der Waals surface area contributed by atoms with Gasteiger partial charge >= 0.3 is 0 Å². The van der Waals surface area contributed by atoms with Crippen LogP contribution in [-0.2, 0) is 0 Å². The molecule has 15 heavy (non-hydrogen) atoms. The normalized spacial score (nSPS) is 52.5. The van der Waals surface area contributed by atoms with Crippen LogP contribution in [0.5, 0.6) is 0 Å². The van der Waals surface area contributed by atoms with Gasteiger partial charge in [0, 0.05) is 0 Å². The first-order valence-corrected chi connectivity index (χ1v) is 6.69. The van der Waals surface area contributed by atoms with Gasteiger partial charge in [-0.2, -0.15) is 0 Å². The van der Waals surface area contributed by atoms with Crippen LogP contribution in [0.3, 0.4) is 0 Å². The Morgan fingerprint density at radius 3 is 2.73 bits per heavy atom. The molecule has 0 N–H and O–H groups in total. The molecule has 3 aliphatic rings. The van der Waals surface area contributed by atoms with Gasteiger partial charge in [-0.05, 0) is 61.2 Å².